The predicted octanol–water partition coefficient (Wildman–Crippen LogP) is 2.16. The first-order valence-corrected chi connectivity index (χ1v) is 7.60. The molecule has 0 radical (unpaired) electrons. The van der Waals surface area contributed by atoms with Crippen LogP contribution in [-0.4, -0.2) is 39.5 Å². The van der Waals surface area contributed by atoms with E-state index in [4.69, 9.17) is 4.74 Å². The summed E-state index contributed by atoms with van der Waals surface area (Å²) in [7, 11) is 0. The standard InChI is InChI=1S/C17H17N3O2/c21-17(12-3-1-7-18-9-12)20-11-13-5-6-15(20)16(13)22-14-4-2-8-19-10-14/h1-4,7-10,13,15-16H,5-6,11H2/t13-,15+,16+/m1/s1. The van der Waals surface area contributed by atoms with E-state index >= 15 is 0 Å². The maximum Gasteiger partial charge on any atom is 0.255 e. The molecule has 2 aromatic heterocycles. The van der Waals surface area contributed by atoms with Gasteiger partial charge in [0.05, 0.1) is 17.8 Å². The van der Waals surface area contributed by atoms with Crippen LogP contribution in [0, 0.1) is 5.92 Å². The summed E-state index contributed by atoms with van der Waals surface area (Å²) < 4.78 is 6.11. The maximum absolute atomic E-state index is 12.7. The van der Waals surface area contributed by atoms with Crippen LogP contribution in [0.3, 0.4) is 0 Å². The Kier molecular flexibility index (Phi) is 3.25. The van der Waals surface area contributed by atoms with E-state index in [9.17, 15) is 4.79 Å². The lowest BCUT2D eigenvalue weighted by Gasteiger charge is -2.27. The third-order valence-corrected chi connectivity index (χ3v) is 4.58. The molecule has 0 aromatic carbocycles. The third-order valence-electron chi connectivity index (χ3n) is 4.58. The van der Waals surface area contributed by atoms with Crippen LogP contribution < -0.4 is 4.74 Å². The Morgan fingerprint density at radius 1 is 1.14 bits per heavy atom. The molecule has 2 aliphatic rings. The van der Waals surface area contributed by atoms with Crippen LogP contribution in [0.5, 0.6) is 5.75 Å². The highest BCUT2D eigenvalue weighted by molar-refractivity contribution is 5.94. The number of ether oxygens (including phenoxy) is 1. The van der Waals surface area contributed by atoms with E-state index in [1.54, 1.807) is 30.9 Å². The van der Waals surface area contributed by atoms with Gasteiger partial charge in [0.1, 0.15) is 11.9 Å². The molecule has 0 spiro atoms. The average Bonchev–Trinajstić information content (AvgIpc) is 3.13. The average molecular weight is 295 g/mol. The Balaban J connectivity index is 1.52. The molecule has 1 saturated heterocycles. The normalized spacial score (nSPS) is 26.2. The minimum absolute atomic E-state index is 0.0556. The quantitative estimate of drug-likeness (QED) is 0.870. The molecule has 0 N–H and O–H groups in total. The van der Waals surface area contributed by atoms with E-state index in [1.165, 1.54) is 0 Å². The Morgan fingerprint density at radius 3 is 2.68 bits per heavy atom. The highest BCUT2D eigenvalue weighted by Crippen LogP contribution is 2.40. The number of amides is 1. The van der Waals surface area contributed by atoms with Gasteiger partial charge in [0.2, 0.25) is 0 Å². The fraction of sp³-hybridized carbons (Fsp3) is 0.353. The van der Waals surface area contributed by atoms with Crippen molar-refractivity contribution in [2.45, 2.75) is 25.0 Å². The number of hydrogen-bond donors (Lipinski definition) is 0. The van der Waals surface area contributed by atoms with Crippen molar-refractivity contribution >= 4 is 5.91 Å². The van der Waals surface area contributed by atoms with Gasteiger partial charge in [-0.1, -0.05) is 0 Å². The second-order valence-corrected chi connectivity index (χ2v) is 5.88. The number of likely N-dealkylation sites (tertiary alicyclic amines) is 1. The fourth-order valence-electron chi connectivity index (χ4n) is 3.58. The van der Waals surface area contributed by atoms with Crippen molar-refractivity contribution in [1.29, 1.82) is 0 Å². The van der Waals surface area contributed by atoms with Crippen LogP contribution >= 0.6 is 0 Å². The molecule has 22 heavy (non-hydrogen) atoms. The number of aromatic nitrogens is 2. The summed E-state index contributed by atoms with van der Waals surface area (Å²) in [4.78, 5) is 22.7. The number of hydrogen-bond acceptors (Lipinski definition) is 4. The summed E-state index contributed by atoms with van der Waals surface area (Å²) in [5.74, 6) is 1.24. The molecule has 1 saturated carbocycles. The van der Waals surface area contributed by atoms with E-state index in [2.05, 4.69) is 9.97 Å². The smallest absolute Gasteiger partial charge is 0.255 e. The van der Waals surface area contributed by atoms with Gasteiger partial charge in [-0.3, -0.25) is 14.8 Å². The topological polar surface area (TPSA) is 55.3 Å². The summed E-state index contributed by atoms with van der Waals surface area (Å²) in [5.41, 5.74) is 0.648. The van der Waals surface area contributed by atoms with Crippen molar-refractivity contribution in [3.05, 3.63) is 54.6 Å². The predicted molar refractivity (Wildman–Crippen MR) is 80.4 cm³/mol. The van der Waals surface area contributed by atoms with E-state index in [0.717, 1.165) is 25.1 Å². The zero-order chi connectivity index (χ0) is 14.9. The largest absolute Gasteiger partial charge is 0.486 e. The number of piperidine rings is 1. The van der Waals surface area contributed by atoms with Crippen LogP contribution in [-0.2, 0) is 0 Å². The van der Waals surface area contributed by atoms with Gasteiger partial charge >= 0.3 is 0 Å². The highest BCUT2D eigenvalue weighted by Gasteiger charge is 2.50. The van der Waals surface area contributed by atoms with E-state index in [-0.39, 0.29) is 18.1 Å². The molecular weight excluding hydrogens is 278 g/mol. The molecule has 1 aliphatic heterocycles. The monoisotopic (exact) mass is 295 g/mol. The van der Waals surface area contributed by atoms with Gasteiger partial charge in [0.15, 0.2) is 0 Å². The van der Waals surface area contributed by atoms with Gasteiger partial charge < -0.3 is 9.64 Å². The number of fused-ring (bicyclic) bond motifs is 2. The molecule has 5 heteroatoms. The van der Waals surface area contributed by atoms with Crippen LogP contribution in [0.15, 0.2) is 49.1 Å². The molecule has 1 aliphatic carbocycles. The number of carbonyl (C=O) groups is 1. The maximum atomic E-state index is 12.7. The lowest BCUT2D eigenvalue weighted by atomic mass is 10.1. The van der Waals surface area contributed by atoms with Crippen molar-refractivity contribution in [3.63, 3.8) is 0 Å². The second-order valence-electron chi connectivity index (χ2n) is 5.88. The lowest BCUT2D eigenvalue weighted by Crippen LogP contribution is -2.40. The SMILES string of the molecule is O=C(c1cccnc1)N1C[C@H]2CC[C@H]1[C@H]2Oc1cccnc1. The molecule has 0 unspecified atom stereocenters. The van der Waals surface area contributed by atoms with Gasteiger partial charge in [0, 0.05) is 31.1 Å². The summed E-state index contributed by atoms with van der Waals surface area (Å²) >= 11 is 0. The molecule has 2 fully saturated rings. The number of rotatable bonds is 3. The van der Waals surface area contributed by atoms with Crippen LogP contribution in [0.2, 0.25) is 0 Å². The van der Waals surface area contributed by atoms with E-state index < -0.39 is 0 Å². The van der Waals surface area contributed by atoms with Gasteiger partial charge in [-0.25, -0.2) is 0 Å². The second kappa shape index (κ2) is 5.40. The molecule has 112 valence electrons. The van der Waals surface area contributed by atoms with Gasteiger partial charge in [-0.15, -0.1) is 0 Å². The van der Waals surface area contributed by atoms with Crippen LogP contribution in [0.25, 0.3) is 0 Å². The van der Waals surface area contributed by atoms with Gasteiger partial charge in [-0.2, -0.15) is 0 Å². The lowest BCUT2D eigenvalue weighted by molar-refractivity contribution is 0.0666. The van der Waals surface area contributed by atoms with Crippen molar-refractivity contribution in [1.82, 2.24) is 14.9 Å². The van der Waals surface area contributed by atoms with Crippen molar-refractivity contribution in [2.24, 2.45) is 5.92 Å². The van der Waals surface area contributed by atoms with Gasteiger partial charge in [-0.05, 0) is 37.1 Å². The molecule has 3 atom stereocenters. The van der Waals surface area contributed by atoms with Crippen LogP contribution in [0.4, 0.5) is 0 Å². The minimum Gasteiger partial charge on any atom is -0.486 e. The minimum atomic E-state index is 0.0556. The fourth-order valence-corrected chi connectivity index (χ4v) is 3.58. The van der Waals surface area contributed by atoms with E-state index in [0.29, 0.717) is 11.5 Å². The molecule has 5 nitrogen and oxygen atoms in total. The first-order chi connectivity index (χ1) is 10.8. The Bertz CT molecular complexity index is 662. The summed E-state index contributed by atoms with van der Waals surface area (Å²) in [6.45, 7) is 0.767. The number of nitrogens with zero attached hydrogens (tertiary/aromatic N) is 3. The molecule has 4 rings (SSSR count). The molecule has 1 amide bonds. The Labute approximate surface area is 129 Å². The molecular formula is C17H17N3O2. The molecule has 2 bridgehead atoms. The summed E-state index contributed by atoms with van der Waals surface area (Å²) in [6.07, 6.45) is 8.96. The summed E-state index contributed by atoms with van der Waals surface area (Å²) in [5, 5.41) is 0. The highest BCUT2D eigenvalue weighted by atomic mass is 16.5. The van der Waals surface area contributed by atoms with Crippen LogP contribution in [0.1, 0.15) is 23.2 Å². The van der Waals surface area contributed by atoms with Crippen molar-refractivity contribution in [3.8, 4) is 5.75 Å². The number of carbonyl (C=O) groups excluding carboxylic acids is 1. The zero-order valence-electron chi connectivity index (χ0n) is 12.1. The Morgan fingerprint density at radius 2 is 1.95 bits per heavy atom. The van der Waals surface area contributed by atoms with Gasteiger partial charge in [0.25, 0.3) is 5.91 Å². The first kappa shape index (κ1) is 13.2. The summed E-state index contributed by atoms with van der Waals surface area (Å²) in [6, 6.07) is 7.55. The molecule has 3 heterocycles. The first-order valence-electron chi connectivity index (χ1n) is 7.60. The van der Waals surface area contributed by atoms with Crippen molar-refractivity contribution in [2.75, 3.05) is 6.54 Å². The molecule has 2 aromatic rings. The number of pyridine rings is 2. The Hall–Kier alpha value is -2.43. The third kappa shape index (κ3) is 2.22. The zero-order valence-corrected chi connectivity index (χ0v) is 12.1. The van der Waals surface area contributed by atoms with Crippen molar-refractivity contribution < 1.29 is 9.53 Å². The van der Waals surface area contributed by atoms with E-state index in [1.807, 2.05) is 23.1 Å².